The molecule has 1 aromatic carbocycles. The van der Waals surface area contributed by atoms with Gasteiger partial charge in [0.15, 0.2) is 0 Å². The van der Waals surface area contributed by atoms with Crippen LogP contribution in [0, 0.1) is 5.92 Å². The Balaban J connectivity index is 2.00. The number of hydrogen-bond acceptors (Lipinski definition) is 3. The predicted octanol–water partition coefficient (Wildman–Crippen LogP) is 1.85. The molecule has 1 aliphatic rings. The van der Waals surface area contributed by atoms with E-state index in [2.05, 4.69) is 5.32 Å². The van der Waals surface area contributed by atoms with Crippen LogP contribution >= 0.6 is 0 Å². The lowest BCUT2D eigenvalue weighted by Crippen LogP contribution is -2.50. The van der Waals surface area contributed by atoms with Crippen molar-refractivity contribution in [3.8, 4) is 0 Å². The van der Waals surface area contributed by atoms with Gasteiger partial charge in [-0.25, -0.2) is 4.79 Å². The molecule has 1 aliphatic carbocycles. The standard InChI is InChI=1S/C15H18N2O3/c1-15(16,11-5-6-11)14(20)17-12-7-2-10(3-8-12)4-9-13(18)19/h2-4,7-9,11H,5-6,16H2,1H3,(H,17,20)(H,18,19)/b9-4+. The van der Waals surface area contributed by atoms with Crippen molar-refractivity contribution in [2.45, 2.75) is 25.3 Å². The molecule has 2 rings (SSSR count). The summed E-state index contributed by atoms with van der Waals surface area (Å²) in [4.78, 5) is 22.5. The van der Waals surface area contributed by atoms with Crippen molar-refractivity contribution >= 4 is 23.6 Å². The first-order valence-electron chi connectivity index (χ1n) is 6.51. The molecule has 4 N–H and O–H groups in total. The molecular weight excluding hydrogens is 256 g/mol. The van der Waals surface area contributed by atoms with E-state index < -0.39 is 11.5 Å². The Hall–Kier alpha value is -2.14. The van der Waals surface area contributed by atoms with Gasteiger partial charge in [0.25, 0.3) is 0 Å². The summed E-state index contributed by atoms with van der Waals surface area (Å²) in [5, 5.41) is 11.3. The van der Waals surface area contributed by atoms with Gasteiger partial charge in [-0.2, -0.15) is 0 Å². The quantitative estimate of drug-likeness (QED) is 0.714. The van der Waals surface area contributed by atoms with Crippen molar-refractivity contribution in [1.29, 1.82) is 0 Å². The lowest BCUT2D eigenvalue weighted by molar-refractivity contribution is -0.131. The second-order valence-electron chi connectivity index (χ2n) is 5.30. The van der Waals surface area contributed by atoms with E-state index in [1.807, 2.05) is 0 Å². The van der Waals surface area contributed by atoms with Gasteiger partial charge in [-0.15, -0.1) is 0 Å². The smallest absolute Gasteiger partial charge is 0.328 e. The van der Waals surface area contributed by atoms with Gasteiger partial charge in [-0.3, -0.25) is 4.79 Å². The summed E-state index contributed by atoms with van der Waals surface area (Å²) >= 11 is 0. The van der Waals surface area contributed by atoms with Crippen molar-refractivity contribution in [1.82, 2.24) is 0 Å². The van der Waals surface area contributed by atoms with Gasteiger partial charge in [0.05, 0.1) is 5.54 Å². The van der Waals surface area contributed by atoms with Gasteiger partial charge in [0, 0.05) is 11.8 Å². The van der Waals surface area contributed by atoms with Crippen LogP contribution in [0.2, 0.25) is 0 Å². The highest BCUT2D eigenvalue weighted by atomic mass is 16.4. The Kier molecular flexibility index (Phi) is 3.90. The minimum atomic E-state index is -0.995. The average Bonchev–Trinajstić information content (AvgIpc) is 3.22. The van der Waals surface area contributed by atoms with E-state index in [0.717, 1.165) is 24.5 Å². The summed E-state index contributed by atoms with van der Waals surface area (Å²) in [5.41, 5.74) is 6.61. The van der Waals surface area contributed by atoms with Crippen LogP contribution in [0.4, 0.5) is 5.69 Å². The van der Waals surface area contributed by atoms with Gasteiger partial charge < -0.3 is 16.2 Å². The zero-order valence-electron chi connectivity index (χ0n) is 11.3. The van der Waals surface area contributed by atoms with Crippen LogP contribution < -0.4 is 11.1 Å². The van der Waals surface area contributed by atoms with Gasteiger partial charge in [-0.1, -0.05) is 12.1 Å². The fourth-order valence-electron chi connectivity index (χ4n) is 1.98. The number of carboxylic acid groups (broad SMARTS) is 1. The molecular formula is C15H18N2O3. The summed E-state index contributed by atoms with van der Waals surface area (Å²) < 4.78 is 0. The van der Waals surface area contributed by atoms with Crippen molar-refractivity contribution < 1.29 is 14.7 Å². The van der Waals surface area contributed by atoms with Crippen molar-refractivity contribution in [3.63, 3.8) is 0 Å². The summed E-state index contributed by atoms with van der Waals surface area (Å²) in [6.07, 6.45) is 4.56. The molecule has 1 atom stereocenters. The van der Waals surface area contributed by atoms with Crippen LogP contribution in [-0.4, -0.2) is 22.5 Å². The van der Waals surface area contributed by atoms with Crippen molar-refractivity contribution in [2.75, 3.05) is 5.32 Å². The molecule has 0 radical (unpaired) electrons. The Morgan fingerprint density at radius 2 is 1.95 bits per heavy atom. The minimum absolute atomic E-state index is 0.186. The van der Waals surface area contributed by atoms with E-state index >= 15 is 0 Å². The molecule has 20 heavy (non-hydrogen) atoms. The molecule has 106 valence electrons. The van der Waals surface area contributed by atoms with E-state index in [9.17, 15) is 9.59 Å². The summed E-state index contributed by atoms with van der Waals surface area (Å²) in [6, 6.07) is 6.92. The number of carbonyl (C=O) groups is 2. The zero-order chi connectivity index (χ0) is 14.8. The first kappa shape index (κ1) is 14.3. The Labute approximate surface area is 117 Å². The molecule has 0 saturated heterocycles. The largest absolute Gasteiger partial charge is 0.478 e. The van der Waals surface area contributed by atoms with E-state index in [0.29, 0.717) is 5.69 Å². The molecule has 1 amide bonds. The maximum atomic E-state index is 12.1. The van der Waals surface area contributed by atoms with E-state index in [1.165, 1.54) is 6.08 Å². The topological polar surface area (TPSA) is 92.4 Å². The fraction of sp³-hybridized carbons (Fsp3) is 0.333. The van der Waals surface area contributed by atoms with Crippen LogP contribution in [-0.2, 0) is 9.59 Å². The summed E-state index contributed by atoms with van der Waals surface area (Å²) in [5.74, 6) is -0.917. The maximum Gasteiger partial charge on any atom is 0.328 e. The lowest BCUT2D eigenvalue weighted by atomic mass is 9.96. The van der Waals surface area contributed by atoms with Crippen LogP contribution in [0.15, 0.2) is 30.3 Å². The second kappa shape index (κ2) is 5.46. The first-order valence-corrected chi connectivity index (χ1v) is 6.51. The Bertz CT molecular complexity index is 543. The molecule has 0 heterocycles. The van der Waals surface area contributed by atoms with Crippen LogP contribution in [0.5, 0.6) is 0 Å². The number of amides is 1. The average molecular weight is 274 g/mol. The molecule has 0 spiro atoms. The minimum Gasteiger partial charge on any atom is -0.478 e. The van der Waals surface area contributed by atoms with Crippen molar-refractivity contribution in [3.05, 3.63) is 35.9 Å². The number of nitrogens with two attached hydrogens (primary N) is 1. The van der Waals surface area contributed by atoms with Gasteiger partial charge in [0.2, 0.25) is 5.91 Å². The fourth-order valence-corrected chi connectivity index (χ4v) is 1.98. The number of nitrogens with one attached hydrogen (secondary N) is 1. The first-order chi connectivity index (χ1) is 9.39. The zero-order valence-corrected chi connectivity index (χ0v) is 11.3. The molecule has 0 aromatic heterocycles. The molecule has 1 fully saturated rings. The number of rotatable bonds is 5. The number of carboxylic acids is 1. The van der Waals surface area contributed by atoms with E-state index in [-0.39, 0.29) is 11.8 Å². The highest BCUT2D eigenvalue weighted by Gasteiger charge is 2.44. The van der Waals surface area contributed by atoms with Gasteiger partial charge >= 0.3 is 5.97 Å². The summed E-state index contributed by atoms with van der Waals surface area (Å²) in [6.45, 7) is 1.75. The monoisotopic (exact) mass is 274 g/mol. The highest BCUT2D eigenvalue weighted by molar-refractivity contribution is 5.98. The predicted molar refractivity (Wildman–Crippen MR) is 77.1 cm³/mol. The molecule has 1 unspecified atom stereocenters. The molecule has 5 heteroatoms. The van der Waals surface area contributed by atoms with Crippen LogP contribution in [0.3, 0.4) is 0 Å². The number of anilines is 1. The second-order valence-corrected chi connectivity index (χ2v) is 5.30. The van der Waals surface area contributed by atoms with E-state index in [4.69, 9.17) is 10.8 Å². The van der Waals surface area contributed by atoms with Gasteiger partial charge in [-0.05, 0) is 49.5 Å². The number of aliphatic carboxylic acids is 1. The van der Waals surface area contributed by atoms with Gasteiger partial charge in [0.1, 0.15) is 0 Å². The maximum absolute atomic E-state index is 12.1. The van der Waals surface area contributed by atoms with Crippen LogP contribution in [0.1, 0.15) is 25.3 Å². The number of benzene rings is 1. The molecule has 5 nitrogen and oxygen atoms in total. The lowest BCUT2D eigenvalue weighted by Gasteiger charge is -2.23. The van der Waals surface area contributed by atoms with Crippen molar-refractivity contribution in [2.24, 2.45) is 11.7 Å². The number of carbonyl (C=O) groups excluding carboxylic acids is 1. The third-order valence-corrected chi connectivity index (χ3v) is 3.50. The molecule has 1 aromatic rings. The number of hydrogen-bond donors (Lipinski definition) is 3. The molecule has 0 aliphatic heterocycles. The third kappa shape index (κ3) is 3.45. The van der Waals surface area contributed by atoms with Crippen LogP contribution in [0.25, 0.3) is 6.08 Å². The van der Waals surface area contributed by atoms with E-state index in [1.54, 1.807) is 31.2 Å². The third-order valence-electron chi connectivity index (χ3n) is 3.50. The summed E-state index contributed by atoms with van der Waals surface area (Å²) in [7, 11) is 0. The normalized spacial score (nSPS) is 17.7. The Morgan fingerprint density at radius 3 is 2.45 bits per heavy atom. The highest BCUT2D eigenvalue weighted by Crippen LogP contribution is 2.38. The molecule has 1 saturated carbocycles. The SMILES string of the molecule is CC(N)(C(=O)Nc1ccc(/C=C/C(=O)O)cc1)C1CC1. The molecule has 0 bridgehead atoms. The Morgan fingerprint density at radius 1 is 1.35 bits per heavy atom.